The average Bonchev–Trinajstić information content (AvgIpc) is 3.13. The molecule has 2 aliphatic rings. The average molecular weight is 380 g/mol. The summed E-state index contributed by atoms with van der Waals surface area (Å²) >= 11 is 0. The Labute approximate surface area is 165 Å². The van der Waals surface area contributed by atoms with Crippen LogP contribution in [0.25, 0.3) is 0 Å². The predicted octanol–water partition coefficient (Wildman–Crippen LogP) is 3.08. The number of fused-ring (bicyclic) bond motifs is 1. The van der Waals surface area contributed by atoms with Crippen molar-refractivity contribution in [3.05, 3.63) is 52.6 Å². The molecule has 0 atom stereocenters. The second kappa shape index (κ2) is 8.17. The van der Waals surface area contributed by atoms with Crippen LogP contribution in [-0.4, -0.2) is 39.4 Å². The number of likely N-dealkylation sites (tertiary alicyclic amines) is 1. The summed E-state index contributed by atoms with van der Waals surface area (Å²) in [5.74, 6) is 0.163. The van der Waals surface area contributed by atoms with Crippen molar-refractivity contribution >= 4 is 11.8 Å². The summed E-state index contributed by atoms with van der Waals surface area (Å²) in [4.78, 5) is 32.4. The number of hydrogen-bond donors (Lipinski definition) is 1. The van der Waals surface area contributed by atoms with E-state index in [1.54, 1.807) is 0 Å². The fourth-order valence-corrected chi connectivity index (χ4v) is 4.20. The van der Waals surface area contributed by atoms with Crippen LogP contribution in [0.4, 0.5) is 0 Å². The van der Waals surface area contributed by atoms with Crippen LogP contribution in [0.1, 0.15) is 70.0 Å². The number of imidazole rings is 1. The van der Waals surface area contributed by atoms with E-state index >= 15 is 0 Å². The molecule has 0 saturated carbocycles. The zero-order valence-electron chi connectivity index (χ0n) is 16.5. The molecule has 1 N–H and O–H groups in total. The monoisotopic (exact) mass is 380 g/mol. The molecule has 1 fully saturated rings. The lowest BCUT2D eigenvalue weighted by molar-refractivity contribution is 0.0717. The van der Waals surface area contributed by atoms with Gasteiger partial charge in [-0.05, 0) is 56.6 Å². The molecule has 0 unspecified atom stereocenters. The van der Waals surface area contributed by atoms with Gasteiger partial charge in [-0.2, -0.15) is 0 Å². The Kier molecular flexibility index (Phi) is 5.46. The maximum atomic E-state index is 13.1. The standard InChI is InChI=1S/C22H28N4O2/c1-16-9-3-4-10-17(16)15-23-21(27)20-24-19(18-11-5-8-14-26(18)20)22(28)25-12-6-2-7-13-25/h3-4,9-10H,2,5-8,11-15H2,1H3,(H,23,27). The fourth-order valence-electron chi connectivity index (χ4n) is 4.20. The number of aryl methyl sites for hydroxylation is 1. The van der Waals surface area contributed by atoms with Gasteiger partial charge in [-0.15, -0.1) is 0 Å². The molecule has 0 spiro atoms. The van der Waals surface area contributed by atoms with E-state index in [0.717, 1.165) is 68.6 Å². The van der Waals surface area contributed by atoms with Crippen LogP contribution in [0.15, 0.2) is 24.3 Å². The van der Waals surface area contributed by atoms with E-state index in [0.29, 0.717) is 18.1 Å². The highest BCUT2D eigenvalue weighted by Crippen LogP contribution is 2.23. The number of nitrogens with zero attached hydrogens (tertiary/aromatic N) is 3. The van der Waals surface area contributed by atoms with Gasteiger partial charge >= 0.3 is 0 Å². The molecular weight excluding hydrogens is 352 g/mol. The van der Waals surface area contributed by atoms with Crippen molar-refractivity contribution in [2.75, 3.05) is 13.1 Å². The number of aromatic nitrogens is 2. The molecular formula is C22H28N4O2. The Morgan fingerprint density at radius 3 is 2.57 bits per heavy atom. The number of benzene rings is 1. The third-order valence-electron chi connectivity index (χ3n) is 5.87. The van der Waals surface area contributed by atoms with Gasteiger partial charge in [0, 0.05) is 26.2 Å². The van der Waals surface area contributed by atoms with E-state index in [9.17, 15) is 9.59 Å². The molecule has 148 valence electrons. The quantitative estimate of drug-likeness (QED) is 0.886. The second-order valence-corrected chi connectivity index (χ2v) is 7.80. The Morgan fingerprint density at radius 1 is 1.04 bits per heavy atom. The third-order valence-corrected chi connectivity index (χ3v) is 5.87. The second-order valence-electron chi connectivity index (χ2n) is 7.80. The van der Waals surface area contributed by atoms with Crippen molar-refractivity contribution < 1.29 is 9.59 Å². The SMILES string of the molecule is Cc1ccccc1CNC(=O)c1nc(C(=O)N2CCCCC2)c2n1CCCC2. The smallest absolute Gasteiger partial charge is 0.287 e. The molecule has 3 heterocycles. The van der Waals surface area contributed by atoms with E-state index < -0.39 is 0 Å². The minimum atomic E-state index is -0.205. The first kappa shape index (κ1) is 18.7. The first-order valence-electron chi connectivity index (χ1n) is 10.4. The normalized spacial score (nSPS) is 16.5. The molecule has 6 nitrogen and oxygen atoms in total. The first-order chi connectivity index (χ1) is 13.6. The molecule has 2 aromatic rings. The zero-order valence-corrected chi connectivity index (χ0v) is 16.5. The third kappa shape index (κ3) is 3.68. The topological polar surface area (TPSA) is 67.2 Å². The highest BCUT2D eigenvalue weighted by atomic mass is 16.2. The molecule has 1 aromatic heterocycles. The van der Waals surface area contributed by atoms with Crippen LogP contribution in [-0.2, 0) is 19.5 Å². The van der Waals surface area contributed by atoms with Gasteiger partial charge in [-0.1, -0.05) is 24.3 Å². The lowest BCUT2D eigenvalue weighted by Gasteiger charge is -2.26. The lowest BCUT2D eigenvalue weighted by atomic mass is 10.1. The fraction of sp³-hybridized carbons (Fsp3) is 0.500. The molecule has 1 aromatic carbocycles. The summed E-state index contributed by atoms with van der Waals surface area (Å²) in [7, 11) is 0. The van der Waals surface area contributed by atoms with Gasteiger partial charge in [0.2, 0.25) is 0 Å². The minimum absolute atomic E-state index is 0.0108. The highest BCUT2D eigenvalue weighted by Gasteiger charge is 2.30. The molecule has 1 saturated heterocycles. The van der Waals surface area contributed by atoms with Gasteiger partial charge in [0.25, 0.3) is 11.8 Å². The maximum absolute atomic E-state index is 13.1. The summed E-state index contributed by atoms with van der Waals surface area (Å²) in [6.07, 6.45) is 6.14. The van der Waals surface area contributed by atoms with Crippen LogP contribution in [0, 0.1) is 6.92 Å². The number of rotatable bonds is 4. The molecule has 0 radical (unpaired) electrons. The number of carbonyl (C=O) groups is 2. The van der Waals surface area contributed by atoms with Gasteiger partial charge in [-0.3, -0.25) is 9.59 Å². The Bertz CT molecular complexity index is 881. The molecule has 2 aliphatic heterocycles. The molecule has 0 aliphatic carbocycles. The number of amides is 2. The minimum Gasteiger partial charge on any atom is -0.345 e. The van der Waals surface area contributed by atoms with E-state index in [1.165, 1.54) is 6.42 Å². The number of carbonyl (C=O) groups excluding carboxylic acids is 2. The van der Waals surface area contributed by atoms with Crippen molar-refractivity contribution in [3.63, 3.8) is 0 Å². The summed E-state index contributed by atoms with van der Waals surface area (Å²) in [5, 5.41) is 2.99. The summed E-state index contributed by atoms with van der Waals surface area (Å²) < 4.78 is 1.97. The van der Waals surface area contributed by atoms with Gasteiger partial charge in [0.05, 0.1) is 5.69 Å². The van der Waals surface area contributed by atoms with Crippen LogP contribution in [0.2, 0.25) is 0 Å². The van der Waals surface area contributed by atoms with Crippen molar-refractivity contribution in [3.8, 4) is 0 Å². The Morgan fingerprint density at radius 2 is 1.79 bits per heavy atom. The van der Waals surface area contributed by atoms with E-state index in [-0.39, 0.29) is 11.8 Å². The van der Waals surface area contributed by atoms with E-state index in [4.69, 9.17) is 0 Å². The summed E-state index contributed by atoms with van der Waals surface area (Å²) in [6.45, 7) is 4.83. The van der Waals surface area contributed by atoms with Gasteiger partial charge in [-0.25, -0.2) is 4.98 Å². The van der Waals surface area contributed by atoms with Crippen molar-refractivity contribution in [2.45, 2.75) is 58.5 Å². The van der Waals surface area contributed by atoms with Gasteiger partial charge < -0.3 is 14.8 Å². The Balaban J connectivity index is 1.56. The van der Waals surface area contributed by atoms with Crippen molar-refractivity contribution in [1.29, 1.82) is 0 Å². The molecule has 0 bridgehead atoms. The van der Waals surface area contributed by atoms with Crippen molar-refractivity contribution in [1.82, 2.24) is 19.8 Å². The first-order valence-corrected chi connectivity index (χ1v) is 10.4. The van der Waals surface area contributed by atoms with Crippen LogP contribution in [0.3, 0.4) is 0 Å². The van der Waals surface area contributed by atoms with Crippen LogP contribution in [0.5, 0.6) is 0 Å². The Hall–Kier alpha value is -2.63. The summed E-state index contributed by atoms with van der Waals surface area (Å²) in [6, 6.07) is 8.02. The van der Waals surface area contributed by atoms with E-state index in [1.807, 2.05) is 40.7 Å². The number of nitrogens with one attached hydrogen (secondary N) is 1. The van der Waals surface area contributed by atoms with Gasteiger partial charge in [0.15, 0.2) is 5.82 Å². The maximum Gasteiger partial charge on any atom is 0.287 e. The lowest BCUT2D eigenvalue weighted by Crippen LogP contribution is -2.36. The summed E-state index contributed by atoms with van der Waals surface area (Å²) in [5.41, 5.74) is 3.66. The zero-order chi connectivity index (χ0) is 19.5. The molecule has 6 heteroatoms. The van der Waals surface area contributed by atoms with Crippen molar-refractivity contribution in [2.24, 2.45) is 0 Å². The van der Waals surface area contributed by atoms with E-state index in [2.05, 4.69) is 10.3 Å². The molecule has 2 amide bonds. The molecule has 28 heavy (non-hydrogen) atoms. The number of piperidine rings is 1. The largest absolute Gasteiger partial charge is 0.345 e. The van der Waals surface area contributed by atoms with Crippen LogP contribution < -0.4 is 5.32 Å². The van der Waals surface area contributed by atoms with Crippen LogP contribution >= 0.6 is 0 Å². The number of hydrogen-bond acceptors (Lipinski definition) is 3. The highest BCUT2D eigenvalue weighted by molar-refractivity contribution is 5.97. The molecule has 4 rings (SSSR count). The van der Waals surface area contributed by atoms with Gasteiger partial charge in [0.1, 0.15) is 5.69 Å². The predicted molar refractivity (Wildman–Crippen MR) is 107 cm³/mol.